The van der Waals surface area contributed by atoms with Crippen molar-refractivity contribution in [2.24, 2.45) is 0 Å². The van der Waals surface area contributed by atoms with Crippen LogP contribution in [0.5, 0.6) is 5.75 Å². The summed E-state index contributed by atoms with van der Waals surface area (Å²) < 4.78 is 107. The first-order chi connectivity index (χ1) is 16.1. The Morgan fingerprint density at radius 1 is 1.00 bits per heavy atom. The van der Waals surface area contributed by atoms with Gasteiger partial charge in [0.2, 0.25) is 0 Å². The summed E-state index contributed by atoms with van der Waals surface area (Å²) in [4.78, 5) is 16.1. The van der Waals surface area contributed by atoms with Crippen LogP contribution >= 0.6 is 0 Å². The van der Waals surface area contributed by atoms with E-state index in [1.165, 1.54) is 37.4 Å². The molecule has 35 heavy (non-hydrogen) atoms. The smallest absolute Gasteiger partial charge is 0.405 e. The molecule has 0 spiro atoms. The van der Waals surface area contributed by atoms with Gasteiger partial charge in [-0.2, -0.15) is 13.2 Å². The minimum atomic E-state index is -5.01. The third-order valence-corrected chi connectivity index (χ3v) is 6.03. The molecule has 0 aliphatic heterocycles. The van der Waals surface area contributed by atoms with Crippen molar-refractivity contribution in [3.05, 3.63) is 71.5 Å². The Hall–Kier alpha value is -3.61. The number of carbonyl (C=O) groups excluding carboxylic acids is 1. The average Bonchev–Trinajstić information content (AvgIpc) is 2.72. The Morgan fingerprint density at radius 2 is 1.66 bits per heavy atom. The van der Waals surface area contributed by atoms with Crippen LogP contribution in [0.3, 0.4) is 0 Å². The van der Waals surface area contributed by atoms with Crippen LogP contribution in [-0.4, -0.2) is 31.9 Å². The van der Waals surface area contributed by atoms with Gasteiger partial charge in [-0.25, -0.2) is 8.42 Å². The first-order valence-electron chi connectivity index (χ1n) is 9.60. The van der Waals surface area contributed by atoms with Crippen molar-refractivity contribution >= 4 is 21.4 Å². The number of nitrogens with zero attached hydrogens (tertiary/aromatic N) is 1. The molecule has 1 amide bonds. The molecule has 0 aliphatic carbocycles. The van der Waals surface area contributed by atoms with E-state index in [0.717, 1.165) is 12.3 Å². The minimum Gasteiger partial charge on any atom is -0.405 e. The Bertz CT molecular complexity index is 1390. The molecule has 3 rings (SSSR count). The van der Waals surface area contributed by atoms with E-state index in [1.807, 2.05) is 0 Å². The largest absolute Gasteiger partial charge is 0.573 e. The van der Waals surface area contributed by atoms with Gasteiger partial charge in [0.15, 0.2) is 9.84 Å². The highest BCUT2D eigenvalue weighted by molar-refractivity contribution is 7.90. The van der Waals surface area contributed by atoms with Crippen LogP contribution in [0.25, 0.3) is 11.1 Å². The van der Waals surface area contributed by atoms with E-state index in [-0.39, 0.29) is 22.4 Å². The molecule has 3 aromatic rings. The van der Waals surface area contributed by atoms with Crippen LogP contribution in [-0.2, 0) is 16.0 Å². The zero-order valence-electron chi connectivity index (χ0n) is 18.0. The number of anilines is 1. The minimum absolute atomic E-state index is 0.0289. The first kappa shape index (κ1) is 26.0. The van der Waals surface area contributed by atoms with Crippen LogP contribution < -0.4 is 10.1 Å². The molecular formula is C22H16F6N2O4S. The monoisotopic (exact) mass is 518 g/mol. The van der Waals surface area contributed by atoms with Crippen LogP contribution in [0, 0.1) is 6.92 Å². The van der Waals surface area contributed by atoms with Gasteiger partial charge in [0, 0.05) is 29.1 Å². The van der Waals surface area contributed by atoms with Gasteiger partial charge in [-0.05, 0) is 36.8 Å². The molecule has 0 saturated heterocycles. The summed E-state index contributed by atoms with van der Waals surface area (Å²) in [7, 11) is -4.13. The fraction of sp³-hybridized carbons (Fsp3) is 0.182. The number of pyridine rings is 1. The lowest BCUT2D eigenvalue weighted by Crippen LogP contribution is -2.19. The summed E-state index contributed by atoms with van der Waals surface area (Å²) in [6.07, 6.45) is -6.95. The third-order valence-electron chi connectivity index (χ3n) is 4.80. The van der Waals surface area contributed by atoms with E-state index in [0.29, 0.717) is 18.4 Å². The standard InChI is InChI=1S/C22H16F6N2O4S/c1-12-16(9-13(21(23,24)25)10-19(12)35(2,32)33)20(31)30-17-11-29-8-7-14(17)15-5-3-4-6-18(15)34-22(26,27)28/h3-11H,1-2H3,(H,30,31). The topological polar surface area (TPSA) is 85.4 Å². The number of aromatic nitrogens is 1. The molecule has 1 heterocycles. The van der Waals surface area contributed by atoms with Gasteiger partial charge < -0.3 is 10.1 Å². The second-order valence-corrected chi connectivity index (χ2v) is 9.32. The molecular weight excluding hydrogens is 502 g/mol. The molecule has 0 radical (unpaired) electrons. The molecule has 6 nitrogen and oxygen atoms in total. The van der Waals surface area contributed by atoms with Crippen LogP contribution in [0.4, 0.5) is 32.0 Å². The maximum atomic E-state index is 13.4. The van der Waals surface area contributed by atoms with Crippen molar-refractivity contribution in [3.8, 4) is 16.9 Å². The van der Waals surface area contributed by atoms with Crippen molar-refractivity contribution in [1.29, 1.82) is 0 Å². The Labute approximate surface area is 195 Å². The number of nitrogens with one attached hydrogen (secondary N) is 1. The van der Waals surface area contributed by atoms with Gasteiger partial charge in [-0.15, -0.1) is 13.2 Å². The lowest BCUT2D eigenvalue weighted by Gasteiger charge is -2.17. The van der Waals surface area contributed by atoms with Crippen LogP contribution in [0.1, 0.15) is 21.5 Å². The number of rotatable bonds is 5. The molecule has 2 aromatic carbocycles. The number of alkyl halides is 6. The number of halogens is 6. The lowest BCUT2D eigenvalue weighted by atomic mass is 10.0. The molecule has 0 aliphatic rings. The van der Waals surface area contributed by atoms with E-state index in [4.69, 9.17) is 0 Å². The summed E-state index contributed by atoms with van der Waals surface area (Å²) in [5.41, 5.74) is -2.38. The number of hydrogen-bond donors (Lipinski definition) is 1. The summed E-state index contributed by atoms with van der Waals surface area (Å²) >= 11 is 0. The molecule has 0 fully saturated rings. The van der Waals surface area contributed by atoms with Crippen molar-refractivity contribution in [1.82, 2.24) is 4.98 Å². The van der Waals surface area contributed by atoms with Gasteiger partial charge in [0.25, 0.3) is 5.91 Å². The normalized spacial score (nSPS) is 12.3. The zero-order chi connectivity index (χ0) is 26.2. The summed E-state index contributed by atoms with van der Waals surface area (Å²) in [6.45, 7) is 1.17. The fourth-order valence-corrected chi connectivity index (χ4v) is 4.30. The maximum absolute atomic E-state index is 13.4. The molecule has 0 atom stereocenters. The second kappa shape index (κ2) is 9.21. The zero-order valence-corrected chi connectivity index (χ0v) is 18.8. The number of carbonyl (C=O) groups is 1. The number of ether oxygens (including phenoxy) is 1. The van der Waals surface area contributed by atoms with E-state index in [9.17, 15) is 39.6 Å². The summed E-state index contributed by atoms with van der Waals surface area (Å²) in [5, 5.41) is 2.31. The number of benzene rings is 2. The SMILES string of the molecule is Cc1c(C(=O)Nc2cnccc2-c2ccccc2OC(F)(F)F)cc(C(F)(F)F)cc1S(C)(=O)=O. The first-order valence-corrected chi connectivity index (χ1v) is 11.5. The van der Waals surface area contributed by atoms with Gasteiger partial charge in [-0.1, -0.05) is 18.2 Å². The molecule has 186 valence electrons. The summed E-state index contributed by atoms with van der Waals surface area (Å²) in [6, 6.07) is 7.24. The van der Waals surface area contributed by atoms with E-state index >= 15 is 0 Å². The number of hydrogen-bond acceptors (Lipinski definition) is 5. The quantitative estimate of drug-likeness (QED) is 0.443. The number of para-hydroxylation sites is 1. The molecule has 0 saturated carbocycles. The molecule has 0 unspecified atom stereocenters. The van der Waals surface area contributed by atoms with E-state index in [1.54, 1.807) is 0 Å². The molecule has 0 bridgehead atoms. The molecule has 1 N–H and O–H groups in total. The predicted octanol–water partition coefficient (Wildman–Crippen LogP) is 5.63. The van der Waals surface area contributed by atoms with Crippen molar-refractivity contribution in [3.63, 3.8) is 0 Å². The van der Waals surface area contributed by atoms with Crippen LogP contribution in [0.2, 0.25) is 0 Å². The molecule has 13 heteroatoms. The number of amides is 1. The Balaban J connectivity index is 2.10. The van der Waals surface area contributed by atoms with Gasteiger partial charge in [0.1, 0.15) is 5.75 Å². The van der Waals surface area contributed by atoms with E-state index < -0.39 is 50.1 Å². The summed E-state index contributed by atoms with van der Waals surface area (Å²) in [5.74, 6) is -1.71. The predicted molar refractivity (Wildman–Crippen MR) is 114 cm³/mol. The highest BCUT2D eigenvalue weighted by Gasteiger charge is 2.35. The molecule has 1 aromatic heterocycles. The van der Waals surface area contributed by atoms with E-state index in [2.05, 4.69) is 15.0 Å². The number of sulfone groups is 1. The van der Waals surface area contributed by atoms with Gasteiger partial charge in [-0.3, -0.25) is 9.78 Å². The van der Waals surface area contributed by atoms with Gasteiger partial charge in [0.05, 0.1) is 22.3 Å². The Morgan fingerprint density at radius 3 is 2.26 bits per heavy atom. The third kappa shape index (κ3) is 6.10. The van der Waals surface area contributed by atoms with Crippen LogP contribution in [0.15, 0.2) is 59.8 Å². The van der Waals surface area contributed by atoms with Crippen molar-refractivity contribution in [2.45, 2.75) is 24.4 Å². The Kier molecular flexibility index (Phi) is 6.84. The highest BCUT2D eigenvalue weighted by atomic mass is 32.2. The van der Waals surface area contributed by atoms with Crippen molar-refractivity contribution in [2.75, 3.05) is 11.6 Å². The van der Waals surface area contributed by atoms with Gasteiger partial charge >= 0.3 is 12.5 Å². The fourth-order valence-electron chi connectivity index (χ4n) is 3.29. The second-order valence-electron chi connectivity index (χ2n) is 7.34. The maximum Gasteiger partial charge on any atom is 0.573 e. The van der Waals surface area contributed by atoms with Crippen molar-refractivity contribution < 1.29 is 44.3 Å². The highest BCUT2D eigenvalue weighted by Crippen LogP contribution is 2.38. The lowest BCUT2D eigenvalue weighted by molar-refractivity contribution is -0.274. The average molecular weight is 518 g/mol.